The van der Waals surface area contributed by atoms with Gasteiger partial charge in [0.1, 0.15) is 29.2 Å². The number of Topliss-reactive ketones (excluding diaryl/α,β-unsaturated/α-hetero) is 1. The van der Waals surface area contributed by atoms with E-state index in [0.717, 1.165) is 17.5 Å². The van der Waals surface area contributed by atoms with Gasteiger partial charge in [0.05, 0.1) is 22.8 Å². The highest BCUT2D eigenvalue weighted by atomic mass is 32.2. The number of nitrogens with two attached hydrogens (primary N) is 1. The van der Waals surface area contributed by atoms with Crippen LogP contribution in [0.5, 0.6) is 11.5 Å². The molecular formula is C48H62N6O10S2. The molecular weight excluding hydrogens is 885 g/mol. The van der Waals surface area contributed by atoms with Crippen molar-refractivity contribution in [1.82, 2.24) is 20.1 Å². The fraction of sp³-hybridized carbons (Fsp3) is 0.417. The average molecular weight is 947 g/mol. The zero-order valence-corrected chi connectivity index (χ0v) is 39.9. The first-order chi connectivity index (χ1) is 31.1. The lowest BCUT2D eigenvalue weighted by atomic mass is 9.88. The highest BCUT2D eigenvalue weighted by Crippen LogP contribution is 2.42. The van der Waals surface area contributed by atoms with Gasteiger partial charge in [0.2, 0.25) is 27.8 Å². The maximum atomic E-state index is 13.9. The largest absolute Gasteiger partial charge is 0.508 e. The van der Waals surface area contributed by atoms with Crippen LogP contribution >= 0.6 is 0 Å². The smallest absolute Gasteiger partial charge is 0.264 e. The van der Waals surface area contributed by atoms with E-state index in [1.165, 1.54) is 31.2 Å². The molecule has 0 saturated heterocycles. The van der Waals surface area contributed by atoms with E-state index in [4.69, 9.17) is 10.5 Å². The normalized spacial score (nSPS) is 15.6. The Hall–Kier alpha value is -5.82. The first kappa shape index (κ1) is 51.2. The number of fused-ring (bicyclic) bond motifs is 1. The highest BCUT2D eigenvalue weighted by Gasteiger charge is 2.35. The Kier molecular flexibility index (Phi) is 17.1. The van der Waals surface area contributed by atoms with Crippen molar-refractivity contribution in [3.63, 3.8) is 0 Å². The van der Waals surface area contributed by atoms with Gasteiger partial charge >= 0.3 is 0 Å². The molecule has 16 nitrogen and oxygen atoms in total. The number of aromatic hydroxyl groups is 1. The molecule has 8 N–H and O–H groups in total. The number of nitrogens with zero attached hydrogens (tertiary/aromatic N) is 1. The van der Waals surface area contributed by atoms with E-state index in [1.54, 1.807) is 74.5 Å². The number of amides is 2. The lowest BCUT2D eigenvalue weighted by molar-refractivity contribution is -0.134. The molecule has 0 unspecified atom stereocenters. The van der Waals surface area contributed by atoms with Crippen molar-refractivity contribution in [1.29, 1.82) is 0 Å². The lowest BCUT2D eigenvalue weighted by Gasteiger charge is -2.35. The number of aliphatic hydroxyl groups is 1. The summed E-state index contributed by atoms with van der Waals surface area (Å²) in [5, 5.41) is 25.8. The Morgan fingerprint density at radius 1 is 0.803 bits per heavy atom. The average Bonchev–Trinajstić information content (AvgIpc) is 3.24. The number of ketones is 1. The molecule has 356 valence electrons. The lowest BCUT2D eigenvalue weighted by Crippen LogP contribution is -2.59. The Labute approximate surface area is 387 Å². The minimum atomic E-state index is -4.13. The van der Waals surface area contributed by atoms with Gasteiger partial charge in [-0.25, -0.2) is 26.3 Å². The predicted octanol–water partition coefficient (Wildman–Crippen LogP) is 4.08. The number of hydrogen-bond acceptors (Lipinski definition) is 11. The van der Waals surface area contributed by atoms with Crippen LogP contribution in [0.3, 0.4) is 0 Å². The summed E-state index contributed by atoms with van der Waals surface area (Å²) in [5.41, 5.74) is 10.1. The molecule has 4 aromatic rings. The molecule has 1 aliphatic rings. The molecule has 0 bridgehead atoms. The molecule has 0 spiro atoms. The molecule has 2 amide bonds. The first-order valence-corrected chi connectivity index (χ1v) is 25.0. The summed E-state index contributed by atoms with van der Waals surface area (Å²) < 4.78 is 65.2. The molecule has 0 saturated carbocycles. The van der Waals surface area contributed by atoms with Crippen molar-refractivity contribution < 1.29 is 46.2 Å². The van der Waals surface area contributed by atoms with Crippen LogP contribution in [0.15, 0.2) is 94.8 Å². The number of aliphatic hydroxyl groups excluding tert-OH is 1. The third kappa shape index (κ3) is 14.1. The van der Waals surface area contributed by atoms with Crippen LogP contribution < -0.4 is 30.5 Å². The monoisotopic (exact) mass is 946 g/mol. The van der Waals surface area contributed by atoms with Gasteiger partial charge in [-0.15, -0.1) is 0 Å². The summed E-state index contributed by atoms with van der Waals surface area (Å²) in [4.78, 5) is 46.0. The number of hydrogen-bond donors (Lipinski definition) is 7. The summed E-state index contributed by atoms with van der Waals surface area (Å²) in [5.74, 6) is -2.21. The Bertz CT molecular complexity index is 2610. The van der Waals surface area contributed by atoms with Crippen LogP contribution in [0.1, 0.15) is 85.4 Å². The van der Waals surface area contributed by atoms with Crippen molar-refractivity contribution in [3.8, 4) is 11.5 Å². The van der Waals surface area contributed by atoms with Crippen LogP contribution in [-0.2, 0) is 59.4 Å². The Balaban J connectivity index is 1.27. The van der Waals surface area contributed by atoms with E-state index >= 15 is 0 Å². The van der Waals surface area contributed by atoms with Gasteiger partial charge in [-0.05, 0) is 131 Å². The Morgan fingerprint density at radius 3 is 2.05 bits per heavy atom. The number of guanidine groups is 1. The second kappa shape index (κ2) is 22.1. The predicted molar refractivity (Wildman–Crippen MR) is 253 cm³/mol. The third-order valence-electron chi connectivity index (χ3n) is 11.6. The van der Waals surface area contributed by atoms with E-state index in [2.05, 4.69) is 25.1 Å². The van der Waals surface area contributed by atoms with Crippen molar-refractivity contribution in [2.75, 3.05) is 6.54 Å². The van der Waals surface area contributed by atoms with Crippen molar-refractivity contribution >= 4 is 43.6 Å². The van der Waals surface area contributed by atoms with Crippen LogP contribution in [0.4, 0.5) is 0 Å². The van der Waals surface area contributed by atoms with Crippen LogP contribution in [0, 0.1) is 20.8 Å². The summed E-state index contributed by atoms with van der Waals surface area (Å²) in [7, 11) is -8.25. The van der Waals surface area contributed by atoms with Crippen molar-refractivity contribution in [2.24, 2.45) is 10.7 Å². The summed E-state index contributed by atoms with van der Waals surface area (Å²) in [6.45, 7) is 10.7. The molecule has 1 aliphatic heterocycles. The zero-order valence-electron chi connectivity index (χ0n) is 38.3. The van der Waals surface area contributed by atoms with Crippen molar-refractivity contribution in [2.45, 2.75) is 127 Å². The van der Waals surface area contributed by atoms with Gasteiger partial charge in [-0.2, -0.15) is 0 Å². The molecule has 0 radical (unpaired) electrons. The minimum Gasteiger partial charge on any atom is -0.508 e. The van der Waals surface area contributed by atoms with Gasteiger partial charge in [-0.1, -0.05) is 72.8 Å². The minimum absolute atomic E-state index is 0.0339. The molecule has 5 rings (SSSR count). The number of carbonyl (C=O) groups is 3. The molecule has 0 aliphatic carbocycles. The number of sulfonamides is 2. The molecule has 4 atom stereocenters. The number of aliphatic imine (C=N–C) groups is 1. The zero-order chi connectivity index (χ0) is 48.4. The van der Waals surface area contributed by atoms with E-state index in [9.17, 15) is 41.4 Å². The van der Waals surface area contributed by atoms with Gasteiger partial charge < -0.3 is 31.3 Å². The van der Waals surface area contributed by atoms with Crippen molar-refractivity contribution in [3.05, 3.63) is 124 Å². The summed E-state index contributed by atoms with van der Waals surface area (Å²) in [6.07, 6.45) is 0.501. The number of benzene rings is 4. The topological polar surface area (TPSA) is 256 Å². The van der Waals surface area contributed by atoms with Gasteiger partial charge in [0.15, 0.2) is 5.78 Å². The van der Waals surface area contributed by atoms with Crippen LogP contribution in [-0.4, -0.2) is 87.0 Å². The maximum Gasteiger partial charge on any atom is 0.264 e. The fourth-order valence-electron chi connectivity index (χ4n) is 7.89. The number of phenols is 1. The van der Waals surface area contributed by atoms with Crippen LogP contribution in [0.25, 0.3) is 0 Å². The maximum absolute atomic E-state index is 13.9. The number of nitrogens with one attached hydrogen (secondary N) is 4. The van der Waals surface area contributed by atoms with E-state index < -0.39 is 61.8 Å². The number of ether oxygens (including phenoxy) is 1. The van der Waals surface area contributed by atoms with E-state index in [1.807, 2.05) is 20.8 Å². The number of rotatable bonds is 21. The molecule has 0 aromatic heterocycles. The SMILES string of the molecule is Cc1c(C)c(S(=O)(=O)NC(N)=NCCCC[C@H](NC(=O)[C@@H](NC(=O)[C@H](Cc2ccc(O)cc2)NS(=O)(=O)Cc2ccccc2)[C@@H](C)O)C(=O)Cc2ccccc2)c(C)c2c1OC(C)(C)CC2. The summed E-state index contributed by atoms with van der Waals surface area (Å²) >= 11 is 0. The second-order valence-electron chi connectivity index (χ2n) is 17.4. The first-order valence-electron chi connectivity index (χ1n) is 21.9. The molecule has 0 fully saturated rings. The fourth-order valence-corrected chi connectivity index (χ4v) is 10.8. The standard InChI is InChI=1S/C48H62N6O10S2/c1-30-31(2)44(32(3)38-24-25-48(5,6)64-43(30)38)66(62,63)54-47(49)50-26-14-13-19-39(41(57)28-34-15-9-7-10-16-34)51-46(59)42(33(4)55)52-45(58)40(27-35-20-22-37(56)23-21-35)53-65(60,61)29-36-17-11-8-12-18-36/h7-12,15-18,20-23,33,39-40,42,53,55-56H,13-14,19,24-29H2,1-6H3,(H,51,59)(H,52,58)(H3,49,50,54)/t33-,39+,40+,42+/m1/s1. The number of phenolic OH excluding ortho intramolecular Hbond substituents is 1. The van der Waals surface area contributed by atoms with Gasteiger partial charge in [0, 0.05) is 13.0 Å². The molecule has 18 heteroatoms. The quantitative estimate of drug-likeness (QED) is 0.0356. The number of carbonyl (C=O) groups excluding carboxylic acids is 3. The van der Waals surface area contributed by atoms with Gasteiger partial charge in [-0.3, -0.25) is 19.4 Å². The van der Waals surface area contributed by atoms with Crippen LogP contribution in [0.2, 0.25) is 0 Å². The molecule has 4 aromatic carbocycles. The number of unbranched alkanes of at least 4 members (excludes halogenated alkanes) is 1. The third-order valence-corrected chi connectivity index (χ3v) is 14.5. The van der Waals surface area contributed by atoms with E-state index in [-0.39, 0.29) is 53.8 Å². The molecule has 1 heterocycles. The Morgan fingerprint density at radius 2 is 1.42 bits per heavy atom. The van der Waals surface area contributed by atoms with Gasteiger partial charge in [0.25, 0.3) is 10.0 Å². The van der Waals surface area contributed by atoms with E-state index in [0.29, 0.717) is 52.8 Å². The highest BCUT2D eigenvalue weighted by molar-refractivity contribution is 7.90. The summed E-state index contributed by atoms with van der Waals surface area (Å²) in [6, 6.07) is 18.9. The second-order valence-corrected chi connectivity index (χ2v) is 20.8. The molecule has 66 heavy (non-hydrogen) atoms.